The molecule has 7 heteroatoms. The monoisotopic (exact) mass is 345 g/mol. The van der Waals surface area contributed by atoms with Crippen LogP contribution in [0.4, 0.5) is 0 Å². The summed E-state index contributed by atoms with van der Waals surface area (Å²) in [4.78, 5) is 37.3. The minimum absolute atomic E-state index is 0.161. The molecule has 25 heavy (non-hydrogen) atoms. The van der Waals surface area contributed by atoms with Crippen LogP contribution in [0.3, 0.4) is 0 Å². The van der Waals surface area contributed by atoms with Crippen LogP contribution in [0, 0.1) is 5.92 Å². The second kappa shape index (κ2) is 9.19. The molecule has 0 bridgehead atoms. The maximum atomic E-state index is 12.6. The Morgan fingerprint density at radius 1 is 1.28 bits per heavy atom. The SMILES string of the molecule is NCCCC[C@H](N)C(=O)N1CC(C=O)=C([n+]2ccccc2)C(C=O)C1. The Balaban J connectivity index is 2.21. The Morgan fingerprint density at radius 3 is 2.60 bits per heavy atom. The van der Waals surface area contributed by atoms with E-state index < -0.39 is 12.0 Å². The van der Waals surface area contributed by atoms with Crippen molar-refractivity contribution in [1.82, 2.24) is 4.90 Å². The fourth-order valence-electron chi connectivity index (χ4n) is 3.07. The van der Waals surface area contributed by atoms with Crippen molar-refractivity contribution in [3.05, 3.63) is 36.2 Å². The van der Waals surface area contributed by atoms with E-state index in [1.165, 1.54) is 4.90 Å². The van der Waals surface area contributed by atoms with Gasteiger partial charge in [0.15, 0.2) is 18.7 Å². The first kappa shape index (κ1) is 19.0. The number of rotatable bonds is 8. The molecule has 0 aliphatic carbocycles. The van der Waals surface area contributed by atoms with E-state index in [0.717, 1.165) is 19.1 Å². The zero-order chi connectivity index (χ0) is 18.2. The highest BCUT2D eigenvalue weighted by atomic mass is 16.2. The summed E-state index contributed by atoms with van der Waals surface area (Å²) in [5, 5.41) is 0. The molecule has 7 nitrogen and oxygen atoms in total. The first-order valence-corrected chi connectivity index (χ1v) is 8.47. The maximum Gasteiger partial charge on any atom is 0.239 e. The molecular formula is C18H25N4O3+. The van der Waals surface area contributed by atoms with Crippen molar-refractivity contribution in [3.63, 3.8) is 0 Å². The van der Waals surface area contributed by atoms with Gasteiger partial charge >= 0.3 is 0 Å². The number of nitrogens with zero attached hydrogens (tertiary/aromatic N) is 2. The first-order chi connectivity index (χ1) is 12.1. The highest BCUT2D eigenvalue weighted by molar-refractivity contribution is 5.90. The Labute approximate surface area is 147 Å². The molecule has 4 N–H and O–H groups in total. The molecule has 1 unspecified atom stereocenters. The summed E-state index contributed by atoms with van der Waals surface area (Å²) in [5.41, 5.74) is 12.5. The third-order valence-electron chi connectivity index (χ3n) is 4.36. The van der Waals surface area contributed by atoms with E-state index in [-0.39, 0.29) is 19.0 Å². The molecule has 1 aromatic rings. The molecule has 1 aliphatic rings. The van der Waals surface area contributed by atoms with Gasteiger partial charge in [0.1, 0.15) is 12.2 Å². The van der Waals surface area contributed by atoms with Crippen LogP contribution in [0.2, 0.25) is 0 Å². The molecule has 0 saturated carbocycles. The van der Waals surface area contributed by atoms with Crippen LogP contribution in [0.5, 0.6) is 0 Å². The molecule has 0 spiro atoms. The zero-order valence-corrected chi connectivity index (χ0v) is 14.2. The number of aldehydes is 2. The third-order valence-corrected chi connectivity index (χ3v) is 4.36. The molecule has 1 aromatic heterocycles. The van der Waals surface area contributed by atoms with Crippen LogP contribution in [-0.2, 0) is 14.4 Å². The smallest absolute Gasteiger partial charge is 0.239 e. The topological polar surface area (TPSA) is 110 Å². The Morgan fingerprint density at radius 2 is 2.00 bits per heavy atom. The van der Waals surface area contributed by atoms with E-state index in [4.69, 9.17) is 11.5 Å². The summed E-state index contributed by atoms with van der Waals surface area (Å²) in [7, 11) is 0. The predicted octanol–water partition coefficient (Wildman–Crippen LogP) is -0.502. The summed E-state index contributed by atoms with van der Waals surface area (Å²) in [6.07, 6.45) is 7.18. The van der Waals surface area contributed by atoms with Crippen LogP contribution in [0.15, 0.2) is 36.2 Å². The number of pyridine rings is 1. The summed E-state index contributed by atoms with van der Waals surface area (Å²) in [5.74, 6) is -0.804. The Bertz CT molecular complexity index is 645. The van der Waals surface area contributed by atoms with Crippen molar-refractivity contribution < 1.29 is 19.0 Å². The molecule has 0 aromatic carbocycles. The van der Waals surface area contributed by atoms with E-state index in [1.807, 2.05) is 18.2 Å². The summed E-state index contributed by atoms with van der Waals surface area (Å²) < 4.78 is 1.76. The van der Waals surface area contributed by atoms with Crippen molar-refractivity contribution in [3.8, 4) is 0 Å². The van der Waals surface area contributed by atoms with Gasteiger partial charge in [-0.15, -0.1) is 0 Å². The van der Waals surface area contributed by atoms with Gasteiger partial charge in [0.2, 0.25) is 11.6 Å². The average Bonchev–Trinajstić information content (AvgIpc) is 2.66. The fourth-order valence-corrected chi connectivity index (χ4v) is 3.07. The minimum atomic E-state index is -0.641. The van der Waals surface area contributed by atoms with Crippen LogP contribution >= 0.6 is 0 Å². The van der Waals surface area contributed by atoms with Crippen LogP contribution < -0.4 is 16.0 Å². The molecule has 0 fully saturated rings. The normalized spacial score (nSPS) is 18.8. The average molecular weight is 345 g/mol. The maximum absolute atomic E-state index is 12.6. The number of amides is 1. The molecule has 0 saturated heterocycles. The number of hydrogen-bond donors (Lipinski definition) is 2. The van der Waals surface area contributed by atoms with Gasteiger partial charge in [-0.3, -0.25) is 9.59 Å². The van der Waals surface area contributed by atoms with Crippen molar-refractivity contribution in [2.24, 2.45) is 17.4 Å². The number of nitrogens with two attached hydrogens (primary N) is 2. The second-order valence-electron chi connectivity index (χ2n) is 6.16. The van der Waals surface area contributed by atoms with Crippen molar-refractivity contribution in [1.29, 1.82) is 0 Å². The Hall–Kier alpha value is -2.38. The van der Waals surface area contributed by atoms with E-state index in [0.29, 0.717) is 30.5 Å². The van der Waals surface area contributed by atoms with Gasteiger partial charge in [-0.2, -0.15) is 4.57 Å². The largest absolute Gasteiger partial charge is 0.335 e. The van der Waals surface area contributed by atoms with E-state index in [1.54, 1.807) is 17.0 Å². The second-order valence-corrected chi connectivity index (χ2v) is 6.16. The number of carbonyl (C=O) groups is 3. The highest BCUT2D eigenvalue weighted by Gasteiger charge is 2.37. The molecule has 134 valence electrons. The molecule has 1 aliphatic heterocycles. The molecule has 2 rings (SSSR count). The molecule has 2 atom stereocenters. The van der Waals surface area contributed by atoms with E-state index in [9.17, 15) is 14.4 Å². The molecule has 1 amide bonds. The van der Waals surface area contributed by atoms with Gasteiger partial charge in [-0.05, 0) is 19.4 Å². The first-order valence-electron chi connectivity index (χ1n) is 8.47. The van der Waals surface area contributed by atoms with Crippen LogP contribution in [0.25, 0.3) is 5.70 Å². The minimum Gasteiger partial charge on any atom is -0.335 e. The van der Waals surface area contributed by atoms with Gasteiger partial charge in [-0.25, -0.2) is 0 Å². The fraction of sp³-hybridized carbons (Fsp3) is 0.444. The molecular weight excluding hydrogens is 320 g/mol. The van der Waals surface area contributed by atoms with Gasteiger partial charge in [0.05, 0.1) is 18.2 Å². The third kappa shape index (κ3) is 4.58. The highest BCUT2D eigenvalue weighted by Crippen LogP contribution is 2.22. The van der Waals surface area contributed by atoms with Crippen molar-refractivity contribution in [2.75, 3.05) is 19.6 Å². The lowest BCUT2D eigenvalue weighted by Crippen LogP contribution is -2.52. The summed E-state index contributed by atoms with van der Waals surface area (Å²) in [6, 6.07) is 4.86. The quantitative estimate of drug-likeness (QED) is 0.375. The molecule has 2 heterocycles. The summed E-state index contributed by atoms with van der Waals surface area (Å²) >= 11 is 0. The van der Waals surface area contributed by atoms with Gasteiger partial charge < -0.3 is 21.2 Å². The number of carbonyl (C=O) groups excluding carboxylic acids is 3. The lowest BCUT2D eigenvalue weighted by Gasteiger charge is -2.31. The van der Waals surface area contributed by atoms with Crippen LogP contribution in [0.1, 0.15) is 19.3 Å². The molecule has 0 radical (unpaired) electrons. The predicted molar refractivity (Wildman–Crippen MR) is 92.9 cm³/mol. The number of unbranched alkanes of at least 4 members (excludes halogenated alkanes) is 1. The standard InChI is InChI=1S/C18H25N4O3/c19-7-3-2-6-16(20)18(25)22-10-14(12-23)17(15(11-22)13-24)21-8-4-1-5-9-21/h1,4-5,8-9,12-14,16H,2-3,6-7,10-11,19-20H2/q+1/t14?,16-/m0/s1. The van der Waals surface area contributed by atoms with Gasteiger partial charge in [0, 0.05) is 18.7 Å². The van der Waals surface area contributed by atoms with E-state index in [2.05, 4.69) is 0 Å². The van der Waals surface area contributed by atoms with E-state index >= 15 is 0 Å². The van der Waals surface area contributed by atoms with Crippen molar-refractivity contribution in [2.45, 2.75) is 25.3 Å². The van der Waals surface area contributed by atoms with Gasteiger partial charge in [0.25, 0.3) is 0 Å². The summed E-state index contributed by atoms with van der Waals surface area (Å²) in [6.45, 7) is 0.948. The Kier molecular flexibility index (Phi) is 6.97. The number of aromatic nitrogens is 1. The lowest BCUT2D eigenvalue weighted by molar-refractivity contribution is -0.586. The lowest BCUT2D eigenvalue weighted by atomic mass is 9.95. The zero-order valence-electron chi connectivity index (χ0n) is 14.2. The van der Waals surface area contributed by atoms with Gasteiger partial charge in [-0.1, -0.05) is 12.5 Å². The van der Waals surface area contributed by atoms with Crippen molar-refractivity contribution >= 4 is 24.2 Å². The number of hydrogen-bond acceptors (Lipinski definition) is 5. The van der Waals surface area contributed by atoms with Crippen LogP contribution in [-0.4, -0.2) is 49.1 Å².